The Morgan fingerprint density at radius 1 is 1.14 bits per heavy atom. The van der Waals surface area contributed by atoms with Gasteiger partial charge in [0.15, 0.2) is 12.4 Å². The minimum absolute atomic E-state index is 0.0893. The fraction of sp³-hybridized carbons (Fsp3) is 0.783. The Hall–Kier alpha value is -1.56. The summed E-state index contributed by atoms with van der Waals surface area (Å²) in [5.41, 5.74) is -3.45. The summed E-state index contributed by atoms with van der Waals surface area (Å²) < 4.78 is 21.7. The van der Waals surface area contributed by atoms with Gasteiger partial charge in [0.2, 0.25) is 5.78 Å². The van der Waals surface area contributed by atoms with Gasteiger partial charge in [-0.3, -0.25) is 14.4 Å². The SMILES string of the molecule is CC(=O)OCC(=O)[C@@]1(O)CC[C@H]2[C@@H]3CCC4=CC(=O)CC[C@]4(C)[C@@]3(F)CC[C@@]21C. The smallest absolute Gasteiger partial charge is 0.303 e. The van der Waals surface area contributed by atoms with Crippen molar-refractivity contribution >= 4 is 17.5 Å². The number of halogens is 1. The number of hydrogen-bond donors (Lipinski definition) is 1. The highest BCUT2D eigenvalue weighted by atomic mass is 19.1. The molecule has 3 fully saturated rings. The number of alkyl halides is 1. The number of ketones is 2. The first-order valence-electron chi connectivity index (χ1n) is 10.8. The van der Waals surface area contributed by atoms with E-state index in [1.807, 2.05) is 13.8 Å². The Bertz CT molecular complexity index is 805. The van der Waals surface area contributed by atoms with Crippen LogP contribution in [0.4, 0.5) is 4.39 Å². The third-order valence-electron chi connectivity index (χ3n) is 9.09. The van der Waals surface area contributed by atoms with Gasteiger partial charge in [0.25, 0.3) is 0 Å². The van der Waals surface area contributed by atoms with Crippen LogP contribution in [0.1, 0.15) is 72.1 Å². The van der Waals surface area contributed by atoms with Crippen LogP contribution >= 0.6 is 0 Å². The number of esters is 1. The molecule has 6 heteroatoms. The van der Waals surface area contributed by atoms with E-state index in [1.165, 1.54) is 6.92 Å². The van der Waals surface area contributed by atoms with Crippen molar-refractivity contribution in [3.63, 3.8) is 0 Å². The number of Topliss-reactive ketones (excluding diaryl/α,β-unsaturated/α-hetero) is 1. The summed E-state index contributed by atoms with van der Waals surface area (Å²) in [7, 11) is 0. The van der Waals surface area contributed by atoms with Gasteiger partial charge in [0, 0.05) is 24.2 Å². The molecule has 0 unspecified atom stereocenters. The lowest BCUT2D eigenvalue weighted by atomic mass is 9.44. The van der Waals surface area contributed by atoms with Gasteiger partial charge >= 0.3 is 5.97 Å². The lowest BCUT2D eigenvalue weighted by Crippen LogP contribution is -2.64. The molecule has 0 amide bonds. The Balaban J connectivity index is 1.66. The largest absolute Gasteiger partial charge is 0.458 e. The van der Waals surface area contributed by atoms with Crippen molar-refractivity contribution in [2.24, 2.45) is 22.7 Å². The third kappa shape index (κ3) is 2.63. The van der Waals surface area contributed by atoms with Gasteiger partial charge in [-0.1, -0.05) is 19.4 Å². The minimum atomic E-state index is -1.59. The van der Waals surface area contributed by atoms with Crippen LogP contribution in [0, 0.1) is 22.7 Å². The summed E-state index contributed by atoms with van der Waals surface area (Å²) in [5, 5.41) is 11.4. The van der Waals surface area contributed by atoms with Crippen molar-refractivity contribution in [3.05, 3.63) is 11.6 Å². The van der Waals surface area contributed by atoms with E-state index in [4.69, 9.17) is 4.74 Å². The molecule has 1 N–H and O–H groups in total. The molecule has 4 rings (SSSR count). The zero-order valence-corrected chi connectivity index (χ0v) is 17.6. The summed E-state index contributed by atoms with van der Waals surface area (Å²) in [6, 6.07) is 0. The molecule has 0 bridgehead atoms. The van der Waals surface area contributed by atoms with Gasteiger partial charge in [-0.2, -0.15) is 0 Å². The molecule has 160 valence electrons. The van der Waals surface area contributed by atoms with Crippen molar-refractivity contribution in [3.8, 4) is 0 Å². The predicted molar refractivity (Wildman–Crippen MR) is 104 cm³/mol. The van der Waals surface area contributed by atoms with Crippen LogP contribution < -0.4 is 0 Å². The molecule has 29 heavy (non-hydrogen) atoms. The summed E-state index contributed by atoms with van der Waals surface area (Å²) in [4.78, 5) is 35.9. The highest BCUT2D eigenvalue weighted by molar-refractivity contribution is 5.92. The average molecular weight is 406 g/mol. The first-order valence-corrected chi connectivity index (χ1v) is 10.8. The maximum absolute atomic E-state index is 16.8. The highest BCUT2D eigenvalue weighted by Crippen LogP contribution is 2.70. The molecule has 0 spiro atoms. The monoisotopic (exact) mass is 406 g/mol. The second kappa shape index (κ2) is 6.47. The number of fused-ring (bicyclic) bond motifs is 5. The van der Waals surface area contributed by atoms with E-state index in [0.717, 1.165) is 5.57 Å². The van der Waals surface area contributed by atoms with E-state index < -0.39 is 40.5 Å². The lowest BCUT2D eigenvalue weighted by molar-refractivity contribution is -0.186. The van der Waals surface area contributed by atoms with E-state index in [-0.39, 0.29) is 30.5 Å². The van der Waals surface area contributed by atoms with E-state index in [1.54, 1.807) is 6.08 Å². The van der Waals surface area contributed by atoms with Crippen LogP contribution in [0.15, 0.2) is 11.6 Å². The molecule has 0 aromatic rings. The molecule has 0 aromatic heterocycles. The summed E-state index contributed by atoms with van der Waals surface area (Å²) in [5.74, 6) is -1.29. The quantitative estimate of drug-likeness (QED) is 0.726. The van der Waals surface area contributed by atoms with Crippen molar-refractivity contribution in [1.29, 1.82) is 0 Å². The molecule has 5 nitrogen and oxygen atoms in total. The first-order chi connectivity index (χ1) is 13.5. The number of allylic oxidation sites excluding steroid dienone is 1. The van der Waals surface area contributed by atoms with E-state index >= 15 is 4.39 Å². The van der Waals surface area contributed by atoms with Crippen LogP contribution in [0.3, 0.4) is 0 Å². The molecular weight excluding hydrogens is 375 g/mol. The second-order valence-corrected chi connectivity index (χ2v) is 10.1. The van der Waals surface area contributed by atoms with Crippen LogP contribution in [0.25, 0.3) is 0 Å². The Labute approximate surface area is 171 Å². The Kier molecular flexibility index (Phi) is 4.62. The van der Waals surface area contributed by atoms with Crippen LogP contribution in [-0.4, -0.2) is 40.5 Å². The lowest BCUT2D eigenvalue weighted by Gasteiger charge is -2.61. The fourth-order valence-corrected chi connectivity index (χ4v) is 7.21. The van der Waals surface area contributed by atoms with Crippen LogP contribution in [0.5, 0.6) is 0 Å². The van der Waals surface area contributed by atoms with Crippen molar-refractivity contribution in [2.75, 3.05) is 6.61 Å². The molecule has 3 saturated carbocycles. The topological polar surface area (TPSA) is 80.7 Å². The molecule has 4 aliphatic rings. The average Bonchev–Trinajstić information content (AvgIpc) is 2.94. The molecule has 0 aromatic carbocycles. The van der Waals surface area contributed by atoms with Crippen molar-refractivity contribution in [2.45, 2.75) is 83.4 Å². The Morgan fingerprint density at radius 3 is 2.55 bits per heavy atom. The zero-order chi connectivity index (χ0) is 21.2. The summed E-state index contributed by atoms with van der Waals surface area (Å²) in [6.07, 6.45) is 5.46. The standard InChI is InChI=1S/C23H31FO5/c1-14(25)29-13-19(27)23(28)9-7-17-18-5-4-15-12-16(26)6-8-20(15,2)22(18,24)11-10-21(17,23)3/h12,17-18,28H,4-11,13H2,1-3H3/t17-,18-,20-,21-,22+,23-/m0/s1. The third-order valence-corrected chi connectivity index (χ3v) is 9.09. The van der Waals surface area contributed by atoms with Crippen molar-refractivity contribution < 1.29 is 28.6 Å². The van der Waals surface area contributed by atoms with E-state index in [9.17, 15) is 19.5 Å². The van der Waals surface area contributed by atoms with Crippen molar-refractivity contribution in [1.82, 2.24) is 0 Å². The number of hydrogen-bond acceptors (Lipinski definition) is 5. The molecule has 0 saturated heterocycles. The van der Waals surface area contributed by atoms with Gasteiger partial charge < -0.3 is 9.84 Å². The van der Waals surface area contributed by atoms with Crippen LogP contribution in [-0.2, 0) is 19.1 Å². The molecule has 0 aliphatic heterocycles. The van der Waals surface area contributed by atoms with E-state index in [2.05, 4.69) is 0 Å². The number of aliphatic hydroxyl groups is 1. The maximum Gasteiger partial charge on any atom is 0.303 e. The minimum Gasteiger partial charge on any atom is -0.458 e. The van der Waals surface area contributed by atoms with Gasteiger partial charge in [-0.05, 0) is 62.9 Å². The second-order valence-electron chi connectivity index (χ2n) is 10.1. The fourth-order valence-electron chi connectivity index (χ4n) is 7.21. The van der Waals surface area contributed by atoms with Gasteiger partial charge in [-0.15, -0.1) is 0 Å². The van der Waals surface area contributed by atoms with Crippen LogP contribution in [0.2, 0.25) is 0 Å². The van der Waals surface area contributed by atoms with Gasteiger partial charge in [0.1, 0.15) is 11.3 Å². The van der Waals surface area contributed by atoms with Gasteiger partial charge in [-0.25, -0.2) is 4.39 Å². The summed E-state index contributed by atoms with van der Waals surface area (Å²) in [6.45, 7) is 4.67. The Morgan fingerprint density at radius 2 is 1.86 bits per heavy atom. The predicted octanol–water partition coefficient (Wildman–Crippen LogP) is 3.47. The number of carbonyl (C=O) groups excluding carboxylic acids is 3. The number of ether oxygens (including phenoxy) is 1. The number of carbonyl (C=O) groups is 3. The number of rotatable bonds is 3. The maximum atomic E-state index is 16.8. The first kappa shape index (κ1) is 20.7. The molecule has 4 aliphatic carbocycles. The highest BCUT2D eigenvalue weighted by Gasteiger charge is 2.71. The van der Waals surface area contributed by atoms with Gasteiger partial charge in [0.05, 0.1) is 0 Å². The molecule has 0 radical (unpaired) electrons. The summed E-state index contributed by atoms with van der Waals surface area (Å²) >= 11 is 0. The zero-order valence-electron chi connectivity index (χ0n) is 17.6. The molecular formula is C23H31FO5. The normalized spacial score (nSPS) is 46.2. The molecule has 0 heterocycles. The molecule has 6 atom stereocenters. The van der Waals surface area contributed by atoms with E-state index in [0.29, 0.717) is 38.5 Å².